The van der Waals surface area contributed by atoms with Gasteiger partial charge in [-0.2, -0.15) is 9.67 Å². The minimum atomic E-state index is -0.307. The molecule has 4 rings (SSSR count). The van der Waals surface area contributed by atoms with Crippen molar-refractivity contribution < 1.29 is 9.53 Å². The van der Waals surface area contributed by atoms with E-state index in [0.29, 0.717) is 28.6 Å². The summed E-state index contributed by atoms with van der Waals surface area (Å²) in [6.07, 6.45) is 0. The molecule has 3 aromatic carbocycles. The summed E-state index contributed by atoms with van der Waals surface area (Å²) >= 11 is 6.32. The molecule has 0 unspecified atom stereocenters. The molecule has 0 atom stereocenters. The van der Waals surface area contributed by atoms with Crippen molar-refractivity contribution in [2.75, 3.05) is 6.61 Å². The Labute approximate surface area is 173 Å². The maximum absolute atomic E-state index is 13.2. The van der Waals surface area contributed by atoms with Gasteiger partial charge in [-0.1, -0.05) is 66.2 Å². The fourth-order valence-corrected chi connectivity index (χ4v) is 3.22. The molecular formula is C23H18ClN3O2. The molecule has 0 fully saturated rings. The highest BCUT2D eigenvalue weighted by Crippen LogP contribution is 2.28. The molecule has 0 N–H and O–H groups in total. The van der Waals surface area contributed by atoms with E-state index in [1.165, 1.54) is 4.68 Å². The lowest BCUT2D eigenvalue weighted by molar-refractivity contribution is 0.0945. The number of ether oxygens (including phenoxy) is 1. The summed E-state index contributed by atoms with van der Waals surface area (Å²) in [5.41, 5.74) is 3.22. The van der Waals surface area contributed by atoms with Crippen molar-refractivity contribution in [3.8, 4) is 28.5 Å². The third kappa shape index (κ3) is 3.91. The fraction of sp³-hybridized carbons (Fsp3) is 0.0870. The first-order valence-corrected chi connectivity index (χ1v) is 9.60. The molecule has 0 aliphatic heterocycles. The maximum Gasteiger partial charge on any atom is 0.336 e. The van der Waals surface area contributed by atoms with Crippen LogP contribution in [0, 0.1) is 0 Å². The van der Waals surface area contributed by atoms with Gasteiger partial charge in [0.1, 0.15) is 0 Å². The number of halogens is 1. The zero-order valence-electron chi connectivity index (χ0n) is 15.7. The van der Waals surface area contributed by atoms with Gasteiger partial charge in [0.05, 0.1) is 11.6 Å². The van der Waals surface area contributed by atoms with E-state index in [2.05, 4.69) is 10.1 Å². The Bertz CT molecular complexity index is 1140. The first-order chi connectivity index (χ1) is 14.2. The van der Waals surface area contributed by atoms with Crippen molar-refractivity contribution in [1.29, 1.82) is 0 Å². The molecule has 1 heterocycles. The molecular weight excluding hydrogens is 386 g/mol. The number of hydrogen-bond donors (Lipinski definition) is 0. The van der Waals surface area contributed by atoms with Gasteiger partial charge in [0.2, 0.25) is 0 Å². The van der Waals surface area contributed by atoms with Gasteiger partial charge in [-0.05, 0) is 42.3 Å². The van der Waals surface area contributed by atoms with Crippen LogP contribution in [0.1, 0.15) is 17.3 Å². The molecule has 0 radical (unpaired) electrons. The lowest BCUT2D eigenvalue weighted by Crippen LogP contribution is -2.15. The molecule has 6 heteroatoms. The van der Waals surface area contributed by atoms with E-state index in [1.54, 1.807) is 24.3 Å². The molecule has 0 saturated heterocycles. The van der Waals surface area contributed by atoms with E-state index in [9.17, 15) is 4.79 Å². The van der Waals surface area contributed by atoms with E-state index < -0.39 is 0 Å². The van der Waals surface area contributed by atoms with Gasteiger partial charge in [-0.25, -0.2) is 0 Å². The highest BCUT2D eigenvalue weighted by Gasteiger charge is 2.21. The van der Waals surface area contributed by atoms with Crippen LogP contribution in [0.3, 0.4) is 0 Å². The van der Waals surface area contributed by atoms with Crippen molar-refractivity contribution in [3.05, 3.63) is 89.4 Å². The fourth-order valence-electron chi connectivity index (χ4n) is 3.00. The highest BCUT2D eigenvalue weighted by atomic mass is 35.5. The van der Waals surface area contributed by atoms with E-state index in [4.69, 9.17) is 16.3 Å². The number of nitrogens with zero attached hydrogens (tertiary/aromatic N) is 3. The standard InChI is InChI=1S/C23H18ClN3O2/c1-2-29-23-25-21(19-10-6-7-11-20(19)24)27(26-23)22(28)18-14-12-17(13-15-18)16-8-4-3-5-9-16/h3-15H,2H2,1H3. The Morgan fingerprint density at radius 2 is 1.59 bits per heavy atom. The van der Waals surface area contributed by atoms with Crippen molar-refractivity contribution in [3.63, 3.8) is 0 Å². The van der Waals surface area contributed by atoms with Gasteiger partial charge in [0.25, 0.3) is 5.91 Å². The van der Waals surface area contributed by atoms with Crippen LogP contribution in [0.25, 0.3) is 22.5 Å². The molecule has 0 amide bonds. The number of hydrogen-bond acceptors (Lipinski definition) is 4. The van der Waals surface area contributed by atoms with Crippen molar-refractivity contribution >= 4 is 17.5 Å². The summed E-state index contributed by atoms with van der Waals surface area (Å²) in [6.45, 7) is 2.23. The topological polar surface area (TPSA) is 57.0 Å². The van der Waals surface area contributed by atoms with E-state index in [1.807, 2.05) is 61.5 Å². The first kappa shape index (κ1) is 18.9. The average molecular weight is 404 g/mol. The van der Waals surface area contributed by atoms with Crippen LogP contribution in [-0.2, 0) is 0 Å². The van der Waals surface area contributed by atoms with Gasteiger partial charge >= 0.3 is 6.01 Å². The Hall–Kier alpha value is -3.44. The smallest absolute Gasteiger partial charge is 0.336 e. The lowest BCUT2D eigenvalue weighted by Gasteiger charge is -2.07. The van der Waals surface area contributed by atoms with E-state index in [0.717, 1.165) is 11.1 Å². The average Bonchev–Trinajstić information content (AvgIpc) is 3.18. The van der Waals surface area contributed by atoms with Crippen LogP contribution < -0.4 is 4.74 Å². The van der Waals surface area contributed by atoms with Crippen LogP contribution in [0.5, 0.6) is 6.01 Å². The maximum atomic E-state index is 13.2. The van der Waals surface area contributed by atoms with Crippen LogP contribution >= 0.6 is 11.6 Å². The Morgan fingerprint density at radius 3 is 2.28 bits per heavy atom. The highest BCUT2D eigenvalue weighted by molar-refractivity contribution is 6.33. The predicted octanol–water partition coefficient (Wildman–Crippen LogP) is 5.35. The van der Waals surface area contributed by atoms with Gasteiger partial charge in [0.15, 0.2) is 5.82 Å². The normalized spacial score (nSPS) is 10.7. The summed E-state index contributed by atoms with van der Waals surface area (Å²) in [5, 5.41) is 4.73. The Balaban J connectivity index is 1.72. The second-order valence-corrected chi connectivity index (χ2v) is 6.70. The van der Waals surface area contributed by atoms with Gasteiger partial charge in [0, 0.05) is 11.1 Å². The number of carbonyl (C=O) groups excluding carboxylic acids is 1. The number of benzene rings is 3. The summed E-state index contributed by atoms with van der Waals surface area (Å²) in [6, 6.07) is 24.7. The molecule has 29 heavy (non-hydrogen) atoms. The first-order valence-electron chi connectivity index (χ1n) is 9.22. The molecule has 0 aliphatic rings. The molecule has 4 aromatic rings. The molecule has 0 bridgehead atoms. The number of carbonyl (C=O) groups is 1. The molecule has 144 valence electrons. The number of rotatable bonds is 5. The van der Waals surface area contributed by atoms with Gasteiger partial charge in [-0.3, -0.25) is 4.79 Å². The van der Waals surface area contributed by atoms with Crippen LogP contribution in [0.15, 0.2) is 78.9 Å². The summed E-state index contributed by atoms with van der Waals surface area (Å²) < 4.78 is 6.65. The van der Waals surface area contributed by atoms with Gasteiger partial charge < -0.3 is 4.74 Å². The Kier molecular flexibility index (Phi) is 5.40. The van der Waals surface area contributed by atoms with Crippen molar-refractivity contribution in [2.24, 2.45) is 0 Å². The predicted molar refractivity (Wildman–Crippen MR) is 113 cm³/mol. The zero-order valence-corrected chi connectivity index (χ0v) is 16.5. The Morgan fingerprint density at radius 1 is 0.931 bits per heavy atom. The quantitative estimate of drug-likeness (QED) is 0.450. The SMILES string of the molecule is CCOc1nc(-c2ccccc2Cl)n(C(=O)c2ccc(-c3ccccc3)cc2)n1. The van der Waals surface area contributed by atoms with Gasteiger partial charge in [-0.15, -0.1) is 5.10 Å². The van der Waals surface area contributed by atoms with Crippen molar-refractivity contribution in [2.45, 2.75) is 6.92 Å². The second-order valence-electron chi connectivity index (χ2n) is 6.29. The largest absolute Gasteiger partial charge is 0.463 e. The minimum absolute atomic E-state index is 0.136. The van der Waals surface area contributed by atoms with Crippen LogP contribution in [-0.4, -0.2) is 27.3 Å². The second kappa shape index (κ2) is 8.29. The molecule has 5 nitrogen and oxygen atoms in total. The van der Waals surface area contributed by atoms with Crippen LogP contribution in [0.4, 0.5) is 0 Å². The lowest BCUT2D eigenvalue weighted by atomic mass is 10.0. The summed E-state index contributed by atoms with van der Waals surface area (Å²) in [7, 11) is 0. The molecule has 0 spiro atoms. The third-order valence-corrected chi connectivity index (χ3v) is 4.74. The number of aromatic nitrogens is 3. The molecule has 0 saturated carbocycles. The summed E-state index contributed by atoms with van der Waals surface area (Å²) in [5.74, 6) is 0.0363. The minimum Gasteiger partial charge on any atom is -0.463 e. The van der Waals surface area contributed by atoms with E-state index >= 15 is 0 Å². The van der Waals surface area contributed by atoms with E-state index in [-0.39, 0.29) is 11.9 Å². The summed E-state index contributed by atoms with van der Waals surface area (Å²) in [4.78, 5) is 17.5. The monoisotopic (exact) mass is 403 g/mol. The molecule has 1 aromatic heterocycles. The van der Waals surface area contributed by atoms with Crippen LogP contribution in [0.2, 0.25) is 5.02 Å². The molecule has 0 aliphatic carbocycles. The zero-order chi connectivity index (χ0) is 20.2. The van der Waals surface area contributed by atoms with Crippen molar-refractivity contribution in [1.82, 2.24) is 14.8 Å². The third-order valence-electron chi connectivity index (χ3n) is 4.41.